The Balaban J connectivity index is 2.06. The zero-order valence-corrected chi connectivity index (χ0v) is 13.4. The van der Waals surface area contributed by atoms with Crippen LogP contribution < -0.4 is 5.32 Å². The minimum Gasteiger partial charge on any atom is -0.310 e. The lowest BCUT2D eigenvalue weighted by Gasteiger charge is -2.17. The number of benzene rings is 1. The topological polar surface area (TPSA) is 24.9 Å². The molecule has 0 radical (unpaired) electrons. The second-order valence-electron chi connectivity index (χ2n) is 5.56. The Morgan fingerprint density at radius 1 is 1.15 bits per heavy atom. The van der Waals surface area contributed by atoms with E-state index < -0.39 is 0 Å². The van der Waals surface area contributed by atoms with E-state index in [4.69, 9.17) is 4.98 Å². The highest BCUT2D eigenvalue weighted by Crippen LogP contribution is 2.21. The van der Waals surface area contributed by atoms with Gasteiger partial charge in [0.2, 0.25) is 0 Å². The molecule has 0 amide bonds. The van der Waals surface area contributed by atoms with E-state index in [1.165, 1.54) is 16.3 Å². The molecule has 2 aromatic rings. The predicted molar refractivity (Wildman–Crippen MR) is 87.2 cm³/mol. The molecule has 1 unspecified atom stereocenters. The number of thiazole rings is 1. The van der Waals surface area contributed by atoms with Crippen molar-refractivity contribution in [1.82, 2.24) is 10.3 Å². The number of nitrogens with zero attached hydrogens (tertiary/aromatic N) is 1. The molecule has 1 aromatic heterocycles. The van der Waals surface area contributed by atoms with Crippen LogP contribution in [0.3, 0.4) is 0 Å². The van der Waals surface area contributed by atoms with E-state index >= 15 is 0 Å². The summed E-state index contributed by atoms with van der Waals surface area (Å²) in [7, 11) is 0. The Bertz CT molecular complexity index is 505. The molecule has 0 bridgehead atoms. The van der Waals surface area contributed by atoms with Crippen molar-refractivity contribution < 1.29 is 0 Å². The largest absolute Gasteiger partial charge is 0.310 e. The van der Waals surface area contributed by atoms with Gasteiger partial charge in [-0.05, 0) is 18.0 Å². The molecule has 0 aliphatic heterocycles. The minimum atomic E-state index is 0.357. The zero-order valence-electron chi connectivity index (χ0n) is 12.6. The summed E-state index contributed by atoms with van der Waals surface area (Å²) in [5, 5.41) is 7.04. The monoisotopic (exact) mass is 288 g/mol. The van der Waals surface area contributed by atoms with Crippen molar-refractivity contribution in [2.24, 2.45) is 5.92 Å². The van der Waals surface area contributed by atoms with E-state index in [2.05, 4.69) is 61.8 Å². The van der Waals surface area contributed by atoms with Gasteiger partial charge in [0.1, 0.15) is 0 Å². The lowest BCUT2D eigenvalue weighted by atomic mass is 10.0. The highest BCUT2D eigenvalue weighted by atomic mass is 32.1. The van der Waals surface area contributed by atoms with Crippen LogP contribution in [-0.4, -0.2) is 11.5 Å². The van der Waals surface area contributed by atoms with Gasteiger partial charge in [0, 0.05) is 24.3 Å². The molecular formula is C17H24N2S. The molecule has 20 heavy (non-hydrogen) atoms. The Morgan fingerprint density at radius 2 is 1.90 bits per heavy atom. The maximum absolute atomic E-state index is 4.78. The molecule has 0 saturated carbocycles. The summed E-state index contributed by atoms with van der Waals surface area (Å²) in [6.07, 6.45) is 2.05. The average Bonchev–Trinajstić information content (AvgIpc) is 2.86. The van der Waals surface area contributed by atoms with Crippen LogP contribution in [0, 0.1) is 5.92 Å². The fourth-order valence-electron chi connectivity index (χ4n) is 2.33. The van der Waals surface area contributed by atoms with E-state index in [1.807, 2.05) is 0 Å². The molecule has 0 spiro atoms. The van der Waals surface area contributed by atoms with Gasteiger partial charge in [-0.15, -0.1) is 11.3 Å². The quantitative estimate of drug-likeness (QED) is 0.824. The first-order valence-electron chi connectivity index (χ1n) is 7.40. The third-order valence-electron chi connectivity index (χ3n) is 3.25. The molecule has 1 aromatic carbocycles. The van der Waals surface area contributed by atoms with E-state index in [0.717, 1.165) is 19.4 Å². The van der Waals surface area contributed by atoms with E-state index in [0.29, 0.717) is 12.0 Å². The maximum Gasteiger partial charge on any atom is 0.0930 e. The Hall–Kier alpha value is -1.19. The Labute approximate surface area is 126 Å². The first kappa shape index (κ1) is 15.2. The van der Waals surface area contributed by atoms with Gasteiger partial charge in [-0.1, -0.05) is 51.1 Å². The normalized spacial score (nSPS) is 12.8. The molecule has 0 fully saturated rings. The molecule has 2 nitrogen and oxygen atoms in total. The summed E-state index contributed by atoms with van der Waals surface area (Å²) < 4.78 is 0. The van der Waals surface area contributed by atoms with Gasteiger partial charge in [0.25, 0.3) is 0 Å². The maximum atomic E-state index is 4.78. The smallest absolute Gasteiger partial charge is 0.0930 e. The van der Waals surface area contributed by atoms with Crippen molar-refractivity contribution in [3.63, 3.8) is 0 Å². The van der Waals surface area contributed by atoms with Crippen molar-refractivity contribution in [1.29, 1.82) is 0 Å². The summed E-state index contributed by atoms with van der Waals surface area (Å²) in [6.45, 7) is 7.61. The average molecular weight is 288 g/mol. The van der Waals surface area contributed by atoms with Gasteiger partial charge in [0.05, 0.1) is 10.7 Å². The molecule has 1 N–H and O–H groups in total. The van der Waals surface area contributed by atoms with Crippen molar-refractivity contribution in [3.8, 4) is 0 Å². The minimum absolute atomic E-state index is 0.357. The Kier molecular flexibility index (Phi) is 5.74. The number of nitrogens with one attached hydrogen (secondary N) is 1. The SMILES string of the molecule is CCNC(Cc1csc(CC(C)C)n1)c1ccccc1. The predicted octanol–water partition coefficient (Wildman–Crippen LogP) is 4.23. The van der Waals surface area contributed by atoms with Gasteiger partial charge < -0.3 is 5.32 Å². The second kappa shape index (κ2) is 7.55. The van der Waals surface area contributed by atoms with Crippen LogP contribution in [0.5, 0.6) is 0 Å². The van der Waals surface area contributed by atoms with Crippen molar-refractivity contribution in [2.75, 3.05) is 6.54 Å². The first-order chi connectivity index (χ1) is 9.69. The summed E-state index contributed by atoms with van der Waals surface area (Å²) >= 11 is 1.79. The van der Waals surface area contributed by atoms with Gasteiger partial charge in [-0.3, -0.25) is 0 Å². The molecule has 3 heteroatoms. The third kappa shape index (κ3) is 4.43. The second-order valence-corrected chi connectivity index (χ2v) is 6.50. The number of aromatic nitrogens is 1. The van der Waals surface area contributed by atoms with Crippen molar-refractivity contribution in [2.45, 2.75) is 39.7 Å². The first-order valence-corrected chi connectivity index (χ1v) is 8.28. The van der Waals surface area contributed by atoms with Crippen LogP contribution in [0.2, 0.25) is 0 Å². The molecular weight excluding hydrogens is 264 g/mol. The molecule has 108 valence electrons. The zero-order chi connectivity index (χ0) is 14.4. The summed E-state index contributed by atoms with van der Waals surface area (Å²) in [6, 6.07) is 11.0. The van der Waals surface area contributed by atoms with Gasteiger partial charge in [-0.2, -0.15) is 0 Å². The Morgan fingerprint density at radius 3 is 2.55 bits per heavy atom. The van der Waals surface area contributed by atoms with E-state index in [-0.39, 0.29) is 0 Å². The van der Waals surface area contributed by atoms with Crippen LogP contribution in [0.1, 0.15) is 43.1 Å². The van der Waals surface area contributed by atoms with Crippen molar-refractivity contribution >= 4 is 11.3 Å². The third-order valence-corrected chi connectivity index (χ3v) is 4.17. The van der Waals surface area contributed by atoms with Gasteiger partial charge >= 0.3 is 0 Å². The van der Waals surface area contributed by atoms with Crippen LogP contribution in [0.25, 0.3) is 0 Å². The lowest BCUT2D eigenvalue weighted by Crippen LogP contribution is -2.23. The number of rotatable bonds is 7. The fourth-order valence-corrected chi connectivity index (χ4v) is 3.35. The van der Waals surface area contributed by atoms with Crippen LogP contribution in [0.4, 0.5) is 0 Å². The van der Waals surface area contributed by atoms with Crippen molar-refractivity contribution in [3.05, 3.63) is 52.0 Å². The van der Waals surface area contributed by atoms with Gasteiger partial charge in [0.15, 0.2) is 0 Å². The number of likely N-dealkylation sites (N-methyl/N-ethyl adjacent to an activating group) is 1. The van der Waals surface area contributed by atoms with E-state index in [9.17, 15) is 0 Å². The summed E-state index contributed by atoms with van der Waals surface area (Å²) in [5.41, 5.74) is 2.55. The molecule has 0 aliphatic carbocycles. The summed E-state index contributed by atoms with van der Waals surface area (Å²) in [4.78, 5) is 4.78. The molecule has 0 aliphatic rings. The molecule has 1 heterocycles. The van der Waals surface area contributed by atoms with Crippen LogP contribution in [-0.2, 0) is 12.8 Å². The summed E-state index contributed by atoms with van der Waals surface area (Å²) in [5.74, 6) is 0.674. The standard InChI is InChI=1S/C17H24N2S/c1-4-18-16(14-8-6-5-7-9-14)11-15-12-20-17(19-15)10-13(2)3/h5-9,12-13,16,18H,4,10-11H2,1-3H3. The van der Waals surface area contributed by atoms with Crippen LogP contribution in [0.15, 0.2) is 35.7 Å². The number of hydrogen-bond donors (Lipinski definition) is 1. The van der Waals surface area contributed by atoms with Gasteiger partial charge in [-0.25, -0.2) is 4.98 Å². The number of hydrogen-bond acceptors (Lipinski definition) is 3. The van der Waals surface area contributed by atoms with E-state index in [1.54, 1.807) is 11.3 Å². The highest BCUT2D eigenvalue weighted by molar-refractivity contribution is 7.09. The fraction of sp³-hybridized carbons (Fsp3) is 0.471. The highest BCUT2D eigenvalue weighted by Gasteiger charge is 2.13. The molecule has 1 atom stereocenters. The lowest BCUT2D eigenvalue weighted by molar-refractivity contribution is 0.544. The molecule has 0 saturated heterocycles. The molecule has 2 rings (SSSR count). The van der Waals surface area contributed by atoms with Crippen LogP contribution >= 0.6 is 11.3 Å².